The number of thioether (sulfide) groups is 1. The smallest absolute Gasteiger partial charge is 0.234 e. The Kier molecular flexibility index (Phi) is 7.12. The summed E-state index contributed by atoms with van der Waals surface area (Å²) in [6.45, 7) is 1.96. The second-order valence-corrected chi connectivity index (χ2v) is 10.1. The molecule has 1 N–H and O–H groups in total. The second-order valence-electron chi connectivity index (χ2n) is 6.76. The van der Waals surface area contributed by atoms with Gasteiger partial charge in [0, 0.05) is 32.2 Å². The fraction of sp³-hybridized carbons (Fsp3) is 0.136. The predicted octanol–water partition coefficient (Wildman–Crippen LogP) is 6.37. The topological polar surface area (TPSA) is 59.8 Å². The molecule has 5 nitrogen and oxygen atoms in total. The lowest BCUT2D eigenvalue weighted by molar-refractivity contribution is -0.113. The summed E-state index contributed by atoms with van der Waals surface area (Å²) >= 11 is 12.5. The van der Waals surface area contributed by atoms with Crippen LogP contribution in [0.2, 0.25) is 5.02 Å². The Labute approximate surface area is 202 Å². The molecule has 0 fully saturated rings. The molecular weight excluding hydrogens is 516 g/mol. The standard InChI is InChI=1S/C22H18BrClN4OS2/c1-14-11-15(23)4-9-19(14)25-21(29)13-31-22-27-26-20(12-18-3-2-10-30-18)28(22)17-7-5-16(24)6-8-17/h2-11H,12-13H2,1H3,(H,25,29). The van der Waals surface area contributed by atoms with Crippen molar-refractivity contribution in [1.82, 2.24) is 14.8 Å². The fourth-order valence-corrected chi connectivity index (χ4v) is 5.08. The minimum absolute atomic E-state index is 0.0964. The first-order valence-electron chi connectivity index (χ1n) is 9.41. The van der Waals surface area contributed by atoms with Crippen LogP contribution >= 0.6 is 50.6 Å². The molecule has 0 atom stereocenters. The highest BCUT2D eigenvalue weighted by atomic mass is 79.9. The monoisotopic (exact) mass is 532 g/mol. The molecule has 0 saturated heterocycles. The number of carbonyl (C=O) groups excluding carboxylic acids is 1. The average molecular weight is 534 g/mol. The van der Waals surface area contributed by atoms with Gasteiger partial charge < -0.3 is 5.32 Å². The summed E-state index contributed by atoms with van der Waals surface area (Å²) in [7, 11) is 0. The highest BCUT2D eigenvalue weighted by Crippen LogP contribution is 2.26. The van der Waals surface area contributed by atoms with Gasteiger partial charge in [0.1, 0.15) is 5.82 Å². The van der Waals surface area contributed by atoms with Gasteiger partial charge in [-0.1, -0.05) is 45.4 Å². The van der Waals surface area contributed by atoms with Crippen molar-refractivity contribution in [1.29, 1.82) is 0 Å². The average Bonchev–Trinajstić information content (AvgIpc) is 3.40. The highest BCUT2D eigenvalue weighted by Gasteiger charge is 2.17. The SMILES string of the molecule is Cc1cc(Br)ccc1NC(=O)CSc1nnc(Cc2cccs2)n1-c1ccc(Cl)cc1. The van der Waals surface area contributed by atoms with E-state index in [1.54, 1.807) is 11.3 Å². The summed E-state index contributed by atoms with van der Waals surface area (Å²) in [5, 5.41) is 15.1. The van der Waals surface area contributed by atoms with E-state index in [2.05, 4.69) is 37.5 Å². The molecule has 158 valence electrons. The Bertz CT molecular complexity index is 1190. The number of nitrogens with one attached hydrogen (secondary N) is 1. The summed E-state index contributed by atoms with van der Waals surface area (Å²) in [6, 6.07) is 17.4. The number of carbonyl (C=O) groups is 1. The van der Waals surface area contributed by atoms with Crippen molar-refractivity contribution in [2.75, 3.05) is 11.1 Å². The van der Waals surface area contributed by atoms with Gasteiger partial charge in [-0.3, -0.25) is 9.36 Å². The van der Waals surface area contributed by atoms with Crippen molar-refractivity contribution in [3.63, 3.8) is 0 Å². The Morgan fingerprint density at radius 3 is 2.71 bits per heavy atom. The van der Waals surface area contributed by atoms with Crippen LogP contribution in [0, 0.1) is 6.92 Å². The van der Waals surface area contributed by atoms with Crippen molar-refractivity contribution in [2.45, 2.75) is 18.5 Å². The van der Waals surface area contributed by atoms with Gasteiger partial charge in [-0.05, 0) is 66.4 Å². The maximum Gasteiger partial charge on any atom is 0.234 e. The largest absolute Gasteiger partial charge is 0.325 e. The van der Waals surface area contributed by atoms with Gasteiger partial charge in [0.25, 0.3) is 0 Å². The van der Waals surface area contributed by atoms with E-state index in [4.69, 9.17) is 11.6 Å². The van der Waals surface area contributed by atoms with Gasteiger partial charge in [-0.15, -0.1) is 21.5 Å². The number of nitrogens with zero attached hydrogens (tertiary/aromatic N) is 3. The molecule has 9 heteroatoms. The molecule has 0 bridgehead atoms. The van der Waals surface area contributed by atoms with Gasteiger partial charge in [-0.25, -0.2) is 0 Å². The van der Waals surface area contributed by atoms with Crippen molar-refractivity contribution < 1.29 is 4.79 Å². The third kappa shape index (κ3) is 5.57. The second kappa shape index (κ2) is 9.99. The first kappa shape index (κ1) is 22.1. The minimum Gasteiger partial charge on any atom is -0.325 e. The quantitative estimate of drug-likeness (QED) is 0.280. The van der Waals surface area contributed by atoms with Crippen molar-refractivity contribution >= 4 is 62.2 Å². The lowest BCUT2D eigenvalue weighted by Crippen LogP contribution is -2.15. The number of halogens is 2. The van der Waals surface area contributed by atoms with E-state index in [9.17, 15) is 4.79 Å². The highest BCUT2D eigenvalue weighted by molar-refractivity contribution is 9.10. The third-order valence-corrected chi connectivity index (χ3v) is 7.04. The number of aromatic nitrogens is 3. The first-order chi connectivity index (χ1) is 15.0. The maximum atomic E-state index is 12.6. The molecule has 4 rings (SSSR count). The number of hydrogen-bond acceptors (Lipinski definition) is 5. The fourth-order valence-electron chi connectivity index (χ4n) is 3.01. The predicted molar refractivity (Wildman–Crippen MR) is 132 cm³/mol. The van der Waals surface area contributed by atoms with Gasteiger partial charge >= 0.3 is 0 Å². The van der Waals surface area contributed by atoms with E-state index in [1.165, 1.54) is 16.6 Å². The Hall–Kier alpha value is -2.13. The number of aryl methyl sites for hydroxylation is 1. The molecule has 0 aliphatic carbocycles. The molecule has 0 radical (unpaired) electrons. The van der Waals surface area contributed by atoms with Crippen LogP contribution < -0.4 is 5.32 Å². The Morgan fingerprint density at radius 1 is 1.19 bits per heavy atom. The van der Waals surface area contributed by atoms with Crippen LogP contribution in [-0.2, 0) is 11.2 Å². The molecule has 2 aromatic heterocycles. The summed E-state index contributed by atoms with van der Waals surface area (Å²) in [6.07, 6.45) is 0.665. The molecule has 2 aromatic carbocycles. The number of hydrogen-bond donors (Lipinski definition) is 1. The zero-order valence-corrected chi connectivity index (χ0v) is 20.5. The van der Waals surface area contributed by atoms with Crippen LogP contribution in [-0.4, -0.2) is 26.4 Å². The van der Waals surface area contributed by atoms with Crippen LogP contribution in [0.5, 0.6) is 0 Å². The molecule has 2 heterocycles. The Balaban J connectivity index is 1.53. The van der Waals surface area contributed by atoms with E-state index in [0.717, 1.165) is 27.2 Å². The zero-order chi connectivity index (χ0) is 21.8. The first-order valence-corrected chi connectivity index (χ1v) is 12.4. The number of rotatable bonds is 7. The van der Waals surface area contributed by atoms with Crippen LogP contribution in [0.15, 0.2) is 69.6 Å². The van der Waals surface area contributed by atoms with E-state index in [0.29, 0.717) is 16.6 Å². The number of anilines is 1. The summed E-state index contributed by atoms with van der Waals surface area (Å²) in [4.78, 5) is 13.8. The molecular formula is C22H18BrClN4OS2. The summed E-state index contributed by atoms with van der Waals surface area (Å²) in [5.41, 5.74) is 2.70. The normalized spacial score (nSPS) is 10.9. The molecule has 0 aliphatic rings. The van der Waals surface area contributed by atoms with Crippen molar-refractivity contribution in [3.8, 4) is 5.69 Å². The summed E-state index contributed by atoms with van der Waals surface area (Å²) in [5.74, 6) is 0.942. The molecule has 0 saturated carbocycles. The third-order valence-electron chi connectivity index (χ3n) is 4.49. The summed E-state index contributed by atoms with van der Waals surface area (Å²) < 4.78 is 2.96. The van der Waals surface area contributed by atoms with E-state index in [-0.39, 0.29) is 11.7 Å². The molecule has 4 aromatic rings. The number of thiophene rings is 1. The van der Waals surface area contributed by atoms with E-state index < -0.39 is 0 Å². The zero-order valence-electron chi connectivity index (χ0n) is 16.5. The van der Waals surface area contributed by atoms with Crippen LogP contribution in [0.25, 0.3) is 5.69 Å². The van der Waals surface area contributed by atoms with Gasteiger partial charge in [0.2, 0.25) is 5.91 Å². The lowest BCUT2D eigenvalue weighted by atomic mass is 10.2. The molecule has 31 heavy (non-hydrogen) atoms. The van der Waals surface area contributed by atoms with Crippen LogP contribution in [0.3, 0.4) is 0 Å². The Morgan fingerprint density at radius 2 is 2.00 bits per heavy atom. The van der Waals surface area contributed by atoms with Gasteiger partial charge in [0.05, 0.1) is 5.75 Å². The van der Waals surface area contributed by atoms with Gasteiger partial charge in [-0.2, -0.15) is 0 Å². The van der Waals surface area contributed by atoms with Crippen LogP contribution in [0.1, 0.15) is 16.3 Å². The van der Waals surface area contributed by atoms with E-state index >= 15 is 0 Å². The van der Waals surface area contributed by atoms with Crippen molar-refractivity contribution in [2.24, 2.45) is 0 Å². The number of amides is 1. The maximum absolute atomic E-state index is 12.6. The minimum atomic E-state index is -0.0964. The lowest BCUT2D eigenvalue weighted by Gasteiger charge is -2.11. The molecule has 0 spiro atoms. The molecule has 0 unspecified atom stereocenters. The van der Waals surface area contributed by atoms with E-state index in [1.807, 2.05) is 65.4 Å². The number of benzene rings is 2. The van der Waals surface area contributed by atoms with Crippen molar-refractivity contribution in [3.05, 3.63) is 85.7 Å². The molecule has 1 amide bonds. The van der Waals surface area contributed by atoms with Gasteiger partial charge in [0.15, 0.2) is 5.16 Å². The molecule has 0 aliphatic heterocycles. The van der Waals surface area contributed by atoms with Crippen LogP contribution in [0.4, 0.5) is 5.69 Å².